The van der Waals surface area contributed by atoms with Crippen LogP contribution in [0, 0.1) is 0 Å². The number of anilines is 1. The fraction of sp³-hybridized carbons (Fsp3) is 0.176. The summed E-state index contributed by atoms with van der Waals surface area (Å²) >= 11 is 0. The maximum absolute atomic E-state index is 12.5. The Morgan fingerprint density at radius 2 is 1.96 bits per heavy atom. The summed E-state index contributed by atoms with van der Waals surface area (Å²) in [4.78, 5) is 12.5. The zero-order valence-electron chi connectivity index (χ0n) is 12.4. The van der Waals surface area contributed by atoms with Crippen LogP contribution in [-0.4, -0.2) is 28.3 Å². The van der Waals surface area contributed by atoms with Crippen LogP contribution in [0.1, 0.15) is 6.92 Å². The number of benzene rings is 2. The number of nitrogens with one attached hydrogen (secondary N) is 2. The third-order valence-corrected chi connectivity index (χ3v) is 3.81. The lowest BCUT2D eigenvalue weighted by molar-refractivity contribution is -0.128. The second-order valence-electron chi connectivity index (χ2n) is 5.47. The van der Waals surface area contributed by atoms with Crippen LogP contribution in [0.4, 0.5) is 5.69 Å². The Morgan fingerprint density at radius 1 is 1.17 bits per heavy atom. The van der Waals surface area contributed by atoms with Gasteiger partial charge in [-0.25, -0.2) is 0 Å². The number of rotatable bonds is 2. The summed E-state index contributed by atoms with van der Waals surface area (Å²) in [6, 6.07) is 12.9. The van der Waals surface area contributed by atoms with E-state index in [2.05, 4.69) is 15.5 Å². The van der Waals surface area contributed by atoms with E-state index >= 15 is 0 Å². The molecular weight excluding hydrogens is 294 g/mol. The van der Waals surface area contributed by atoms with Crippen molar-refractivity contribution in [3.63, 3.8) is 0 Å². The summed E-state index contributed by atoms with van der Waals surface area (Å²) in [6.07, 6.45) is 0.636. The summed E-state index contributed by atoms with van der Waals surface area (Å²) in [7, 11) is 0. The molecule has 0 radical (unpaired) electrons. The van der Waals surface area contributed by atoms with Crippen LogP contribution in [0.3, 0.4) is 0 Å². The molecule has 3 aromatic rings. The Kier molecular flexibility index (Phi) is 3.15. The van der Waals surface area contributed by atoms with E-state index < -0.39 is 6.10 Å². The van der Waals surface area contributed by atoms with Gasteiger partial charge in [0.2, 0.25) is 6.10 Å². The first-order chi connectivity index (χ1) is 11.2. The van der Waals surface area contributed by atoms with Crippen LogP contribution in [0.15, 0.2) is 48.7 Å². The summed E-state index contributed by atoms with van der Waals surface area (Å²) < 4.78 is 11.6. The molecule has 0 saturated heterocycles. The SMILES string of the molecule is C[C@@H]1Oc2ccccc2O[C@H]1C(=O)Nc1ccc2[nH]ncc2c1. The molecular formula is C17H15N3O3. The molecule has 2 aromatic carbocycles. The predicted octanol–water partition coefficient (Wildman–Crippen LogP) is 2.73. The van der Waals surface area contributed by atoms with Crippen molar-refractivity contribution in [1.82, 2.24) is 10.2 Å². The molecule has 6 heteroatoms. The van der Waals surface area contributed by atoms with Gasteiger partial charge in [0.05, 0.1) is 11.7 Å². The number of para-hydroxylation sites is 2. The Bertz CT molecular complexity index is 874. The molecule has 0 fully saturated rings. The summed E-state index contributed by atoms with van der Waals surface area (Å²) in [6.45, 7) is 1.82. The molecule has 116 valence electrons. The highest BCUT2D eigenvalue weighted by molar-refractivity contribution is 5.97. The van der Waals surface area contributed by atoms with Crippen LogP contribution in [0.5, 0.6) is 11.5 Å². The fourth-order valence-corrected chi connectivity index (χ4v) is 2.64. The molecule has 4 rings (SSSR count). The summed E-state index contributed by atoms with van der Waals surface area (Å²) in [5, 5.41) is 10.6. The number of carbonyl (C=O) groups is 1. The maximum Gasteiger partial charge on any atom is 0.269 e. The van der Waals surface area contributed by atoms with Gasteiger partial charge in [0, 0.05) is 11.1 Å². The van der Waals surface area contributed by atoms with Gasteiger partial charge in [-0.3, -0.25) is 9.89 Å². The molecule has 0 unspecified atom stereocenters. The van der Waals surface area contributed by atoms with Crippen molar-refractivity contribution in [2.24, 2.45) is 0 Å². The van der Waals surface area contributed by atoms with Gasteiger partial charge in [-0.05, 0) is 37.3 Å². The number of fused-ring (bicyclic) bond motifs is 2. The molecule has 2 N–H and O–H groups in total. The van der Waals surface area contributed by atoms with E-state index in [0.717, 1.165) is 10.9 Å². The average Bonchev–Trinajstić information content (AvgIpc) is 3.01. The minimum atomic E-state index is -0.704. The lowest BCUT2D eigenvalue weighted by Crippen LogP contribution is -2.46. The summed E-state index contributed by atoms with van der Waals surface area (Å²) in [5.41, 5.74) is 1.61. The van der Waals surface area contributed by atoms with Gasteiger partial charge in [0.15, 0.2) is 11.5 Å². The van der Waals surface area contributed by atoms with Crippen LogP contribution in [0.2, 0.25) is 0 Å². The molecule has 2 heterocycles. The quantitative estimate of drug-likeness (QED) is 0.763. The largest absolute Gasteiger partial charge is 0.482 e. The van der Waals surface area contributed by atoms with Gasteiger partial charge in [-0.1, -0.05) is 12.1 Å². The minimum Gasteiger partial charge on any atom is -0.482 e. The molecule has 0 saturated carbocycles. The molecule has 0 bridgehead atoms. The highest BCUT2D eigenvalue weighted by Crippen LogP contribution is 2.33. The zero-order valence-corrected chi connectivity index (χ0v) is 12.4. The monoisotopic (exact) mass is 309 g/mol. The lowest BCUT2D eigenvalue weighted by Gasteiger charge is -2.31. The topological polar surface area (TPSA) is 76.2 Å². The predicted molar refractivity (Wildman–Crippen MR) is 85.7 cm³/mol. The van der Waals surface area contributed by atoms with Crippen LogP contribution in [0.25, 0.3) is 10.9 Å². The Morgan fingerprint density at radius 3 is 2.78 bits per heavy atom. The maximum atomic E-state index is 12.5. The van der Waals surface area contributed by atoms with Gasteiger partial charge in [-0.2, -0.15) is 5.10 Å². The van der Waals surface area contributed by atoms with E-state index in [4.69, 9.17) is 9.47 Å². The van der Waals surface area contributed by atoms with Crippen molar-refractivity contribution in [2.75, 3.05) is 5.32 Å². The van der Waals surface area contributed by atoms with Gasteiger partial charge in [0.25, 0.3) is 5.91 Å². The highest BCUT2D eigenvalue weighted by atomic mass is 16.6. The van der Waals surface area contributed by atoms with Crippen molar-refractivity contribution in [3.05, 3.63) is 48.7 Å². The Hall–Kier alpha value is -3.02. The molecule has 23 heavy (non-hydrogen) atoms. The highest BCUT2D eigenvalue weighted by Gasteiger charge is 2.34. The smallest absolute Gasteiger partial charge is 0.269 e. The van der Waals surface area contributed by atoms with E-state index in [9.17, 15) is 4.79 Å². The molecule has 6 nitrogen and oxygen atoms in total. The number of hydrogen-bond acceptors (Lipinski definition) is 4. The number of aromatic amines is 1. The second-order valence-corrected chi connectivity index (χ2v) is 5.47. The van der Waals surface area contributed by atoms with E-state index in [1.54, 1.807) is 12.3 Å². The Balaban J connectivity index is 1.54. The van der Waals surface area contributed by atoms with E-state index in [0.29, 0.717) is 17.2 Å². The number of aromatic nitrogens is 2. The van der Waals surface area contributed by atoms with Crippen molar-refractivity contribution in [2.45, 2.75) is 19.1 Å². The first-order valence-electron chi connectivity index (χ1n) is 7.37. The first kappa shape index (κ1) is 13.6. The Labute approximate surface area is 132 Å². The third-order valence-electron chi connectivity index (χ3n) is 3.81. The van der Waals surface area contributed by atoms with Crippen molar-refractivity contribution in [1.29, 1.82) is 0 Å². The van der Waals surface area contributed by atoms with Crippen molar-refractivity contribution >= 4 is 22.5 Å². The minimum absolute atomic E-state index is 0.241. The number of carbonyl (C=O) groups excluding carboxylic acids is 1. The lowest BCUT2D eigenvalue weighted by atomic mass is 10.1. The number of hydrogen-bond donors (Lipinski definition) is 2. The van der Waals surface area contributed by atoms with Crippen molar-refractivity contribution in [3.8, 4) is 11.5 Å². The van der Waals surface area contributed by atoms with Gasteiger partial charge < -0.3 is 14.8 Å². The number of nitrogens with zero attached hydrogens (tertiary/aromatic N) is 1. The molecule has 0 aliphatic carbocycles. The van der Waals surface area contributed by atoms with Crippen LogP contribution >= 0.6 is 0 Å². The number of amides is 1. The first-order valence-corrected chi connectivity index (χ1v) is 7.37. The zero-order chi connectivity index (χ0) is 15.8. The molecule has 1 aliphatic rings. The average molecular weight is 309 g/mol. The molecule has 1 amide bonds. The number of ether oxygens (including phenoxy) is 2. The molecule has 2 atom stereocenters. The van der Waals surface area contributed by atoms with Gasteiger partial charge >= 0.3 is 0 Å². The van der Waals surface area contributed by atoms with Crippen LogP contribution in [-0.2, 0) is 4.79 Å². The van der Waals surface area contributed by atoms with Crippen molar-refractivity contribution < 1.29 is 14.3 Å². The van der Waals surface area contributed by atoms with Gasteiger partial charge in [-0.15, -0.1) is 0 Å². The summed E-state index contributed by atoms with van der Waals surface area (Å²) in [5.74, 6) is 0.995. The third kappa shape index (κ3) is 2.48. The normalized spacial score (nSPS) is 19.5. The van der Waals surface area contributed by atoms with Crippen LogP contribution < -0.4 is 14.8 Å². The molecule has 1 aromatic heterocycles. The van der Waals surface area contributed by atoms with E-state index in [1.807, 2.05) is 43.3 Å². The second kappa shape index (κ2) is 5.31. The van der Waals surface area contributed by atoms with E-state index in [-0.39, 0.29) is 12.0 Å². The van der Waals surface area contributed by atoms with E-state index in [1.165, 1.54) is 0 Å². The van der Waals surface area contributed by atoms with Gasteiger partial charge in [0.1, 0.15) is 6.10 Å². The molecule has 0 spiro atoms. The fourth-order valence-electron chi connectivity index (χ4n) is 2.64. The number of H-pyrrole nitrogens is 1. The standard InChI is InChI=1S/C17H15N3O3/c1-10-16(23-15-5-3-2-4-14(15)22-10)17(21)19-12-6-7-13-11(8-12)9-18-20-13/h2-10,16H,1H3,(H,18,20)(H,19,21)/t10-,16+/m0/s1. The molecule has 1 aliphatic heterocycles.